The van der Waals surface area contributed by atoms with Gasteiger partial charge in [-0.2, -0.15) is 4.31 Å². The number of likely N-dealkylation sites (tertiary alicyclic amines) is 1. The van der Waals surface area contributed by atoms with E-state index < -0.39 is 10.0 Å². The molecule has 1 aromatic rings. The van der Waals surface area contributed by atoms with Gasteiger partial charge in [-0.05, 0) is 62.4 Å². The molecule has 0 atom stereocenters. The summed E-state index contributed by atoms with van der Waals surface area (Å²) >= 11 is 0. The number of nitrogens with zero attached hydrogens (tertiary/aromatic N) is 4. The van der Waals surface area contributed by atoms with Crippen molar-refractivity contribution in [1.29, 1.82) is 0 Å². The molecule has 0 N–H and O–H groups in total. The smallest absolute Gasteiger partial charge is 0.243 e. The number of hydrogen-bond acceptors (Lipinski definition) is 5. The maximum atomic E-state index is 13.1. The Hall–Kier alpha value is -1.97. The highest BCUT2D eigenvalue weighted by atomic mass is 32.2. The minimum atomic E-state index is -3.55. The zero-order valence-electron chi connectivity index (χ0n) is 18.3. The predicted octanol–water partition coefficient (Wildman–Crippen LogP) is 0.562. The van der Waals surface area contributed by atoms with E-state index in [2.05, 4.69) is 0 Å². The second kappa shape index (κ2) is 9.26. The topological polar surface area (TPSA) is 81.2 Å². The molecule has 0 bridgehead atoms. The zero-order valence-corrected chi connectivity index (χ0v) is 19.1. The number of sulfonamides is 1. The van der Waals surface area contributed by atoms with Crippen molar-refractivity contribution >= 4 is 21.8 Å². The fraction of sp³-hybridized carbons (Fsp3) is 0.636. The van der Waals surface area contributed by atoms with Crippen LogP contribution in [0.3, 0.4) is 0 Å². The standard InChI is InChI=1S/C22H32N4O4S/c1-23(16-21(27)24-9-2-3-10-24)17-22(28)25-11-13-26(14-12-25)31(29,30)20-8-7-18-5-4-6-19(18)15-20/h7-8,15H,2-6,9-14,16-17H2,1H3. The van der Waals surface area contributed by atoms with Gasteiger partial charge in [0.15, 0.2) is 0 Å². The Bertz CT molecular complexity index is 935. The third kappa shape index (κ3) is 4.94. The quantitative estimate of drug-likeness (QED) is 0.635. The molecule has 2 fully saturated rings. The summed E-state index contributed by atoms with van der Waals surface area (Å²) in [6.45, 7) is 3.34. The number of carbonyl (C=O) groups excluding carboxylic acids is 2. The highest BCUT2D eigenvalue weighted by Gasteiger charge is 2.31. The van der Waals surface area contributed by atoms with E-state index in [-0.39, 0.29) is 24.9 Å². The molecule has 8 nitrogen and oxygen atoms in total. The van der Waals surface area contributed by atoms with E-state index in [0.717, 1.165) is 50.8 Å². The first-order valence-corrected chi connectivity index (χ1v) is 12.6. The Balaban J connectivity index is 1.28. The Morgan fingerprint density at radius 2 is 1.42 bits per heavy atom. The molecule has 2 aliphatic heterocycles. The molecule has 9 heteroatoms. The number of aryl methyl sites for hydroxylation is 2. The summed E-state index contributed by atoms with van der Waals surface area (Å²) < 4.78 is 27.6. The number of benzene rings is 1. The average molecular weight is 449 g/mol. The molecule has 0 spiro atoms. The minimum Gasteiger partial charge on any atom is -0.342 e. The second-order valence-corrected chi connectivity index (χ2v) is 10.8. The van der Waals surface area contributed by atoms with Crippen LogP contribution in [-0.4, -0.2) is 98.6 Å². The Labute approximate surface area is 184 Å². The lowest BCUT2D eigenvalue weighted by molar-refractivity contribution is -0.135. The van der Waals surface area contributed by atoms with Gasteiger partial charge in [-0.25, -0.2) is 8.42 Å². The molecule has 2 heterocycles. The normalized spacial score (nSPS) is 19.8. The van der Waals surface area contributed by atoms with Crippen LogP contribution in [-0.2, 0) is 32.5 Å². The number of hydrogen-bond donors (Lipinski definition) is 0. The predicted molar refractivity (Wildman–Crippen MR) is 117 cm³/mol. The van der Waals surface area contributed by atoms with Gasteiger partial charge in [0.2, 0.25) is 21.8 Å². The van der Waals surface area contributed by atoms with Crippen molar-refractivity contribution < 1.29 is 18.0 Å². The highest BCUT2D eigenvalue weighted by molar-refractivity contribution is 7.89. The van der Waals surface area contributed by atoms with E-state index in [0.29, 0.717) is 31.1 Å². The van der Waals surface area contributed by atoms with Crippen LogP contribution >= 0.6 is 0 Å². The summed E-state index contributed by atoms with van der Waals surface area (Å²) in [7, 11) is -1.77. The van der Waals surface area contributed by atoms with Crippen LogP contribution in [0.5, 0.6) is 0 Å². The van der Waals surface area contributed by atoms with Crippen molar-refractivity contribution in [3.63, 3.8) is 0 Å². The first-order chi connectivity index (χ1) is 14.8. The van der Waals surface area contributed by atoms with E-state index in [1.807, 2.05) is 17.0 Å². The Morgan fingerprint density at radius 1 is 0.839 bits per heavy atom. The van der Waals surface area contributed by atoms with Crippen LogP contribution < -0.4 is 0 Å². The van der Waals surface area contributed by atoms with Crippen molar-refractivity contribution in [2.24, 2.45) is 0 Å². The molecule has 31 heavy (non-hydrogen) atoms. The molecule has 0 saturated carbocycles. The van der Waals surface area contributed by atoms with Gasteiger partial charge < -0.3 is 9.80 Å². The molecule has 2 amide bonds. The van der Waals surface area contributed by atoms with E-state index in [1.54, 1.807) is 22.9 Å². The fourth-order valence-corrected chi connectivity index (χ4v) is 6.19. The summed E-state index contributed by atoms with van der Waals surface area (Å²) in [5.41, 5.74) is 2.39. The van der Waals surface area contributed by atoms with Crippen molar-refractivity contribution in [2.75, 3.05) is 59.4 Å². The Morgan fingerprint density at radius 3 is 2.06 bits per heavy atom. The van der Waals surface area contributed by atoms with Gasteiger partial charge in [-0.1, -0.05) is 6.07 Å². The SMILES string of the molecule is CN(CC(=O)N1CCCC1)CC(=O)N1CCN(S(=O)(=O)c2ccc3c(c2)CCC3)CC1. The van der Waals surface area contributed by atoms with Crippen LogP contribution in [0.2, 0.25) is 0 Å². The van der Waals surface area contributed by atoms with Gasteiger partial charge >= 0.3 is 0 Å². The number of carbonyl (C=O) groups is 2. The molecule has 2 saturated heterocycles. The molecule has 3 aliphatic rings. The molecule has 4 rings (SSSR count). The number of piperazine rings is 1. The second-order valence-electron chi connectivity index (χ2n) is 8.83. The van der Waals surface area contributed by atoms with E-state index in [4.69, 9.17) is 0 Å². The van der Waals surface area contributed by atoms with Gasteiger partial charge in [0.1, 0.15) is 0 Å². The summed E-state index contributed by atoms with van der Waals surface area (Å²) in [5, 5.41) is 0. The van der Waals surface area contributed by atoms with Crippen molar-refractivity contribution in [2.45, 2.75) is 37.0 Å². The van der Waals surface area contributed by atoms with Crippen LogP contribution in [0.4, 0.5) is 0 Å². The fourth-order valence-electron chi connectivity index (χ4n) is 4.72. The largest absolute Gasteiger partial charge is 0.342 e. The molecule has 0 aromatic heterocycles. The van der Waals surface area contributed by atoms with Gasteiger partial charge in [-0.3, -0.25) is 14.5 Å². The minimum absolute atomic E-state index is 0.0636. The maximum absolute atomic E-state index is 13.1. The van der Waals surface area contributed by atoms with E-state index in [1.165, 1.54) is 9.87 Å². The first-order valence-electron chi connectivity index (χ1n) is 11.2. The first kappa shape index (κ1) is 22.2. The highest BCUT2D eigenvalue weighted by Crippen LogP contribution is 2.26. The van der Waals surface area contributed by atoms with Gasteiger partial charge in [0.05, 0.1) is 18.0 Å². The molecular weight excluding hydrogens is 416 g/mol. The molecule has 0 radical (unpaired) electrons. The summed E-state index contributed by atoms with van der Waals surface area (Å²) in [6.07, 6.45) is 5.14. The third-order valence-electron chi connectivity index (χ3n) is 6.57. The van der Waals surface area contributed by atoms with E-state index >= 15 is 0 Å². The Kier molecular flexibility index (Phi) is 6.64. The number of amides is 2. The summed E-state index contributed by atoms with van der Waals surface area (Å²) in [6, 6.07) is 5.47. The van der Waals surface area contributed by atoms with Crippen LogP contribution in [0, 0.1) is 0 Å². The van der Waals surface area contributed by atoms with Gasteiger partial charge in [-0.15, -0.1) is 0 Å². The van der Waals surface area contributed by atoms with E-state index in [9.17, 15) is 18.0 Å². The molecule has 1 aromatic carbocycles. The van der Waals surface area contributed by atoms with Crippen molar-refractivity contribution in [1.82, 2.24) is 19.0 Å². The number of fused-ring (bicyclic) bond motifs is 1. The summed E-state index contributed by atoms with van der Waals surface area (Å²) in [4.78, 5) is 30.6. The van der Waals surface area contributed by atoms with Crippen LogP contribution in [0.25, 0.3) is 0 Å². The van der Waals surface area contributed by atoms with Gasteiger partial charge in [0.25, 0.3) is 0 Å². The lowest BCUT2D eigenvalue weighted by Gasteiger charge is -2.35. The average Bonchev–Trinajstić information content (AvgIpc) is 3.45. The zero-order chi connectivity index (χ0) is 22.0. The lowest BCUT2D eigenvalue weighted by atomic mass is 10.1. The molecule has 170 valence electrons. The lowest BCUT2D eigenvalue weighted by Crippen LogP contribution is -2.52. The van der Waals surface area contributed by atoms with Crippen molar-refractivity contribution in [3.8, 4) is 0 Å². The molecule has 0 unspecified atom stereocenters. The summed E-state index contributed by atoms with van der Waals surface area (Å²) in [5.74, 6) is 0.00404. The third-order valence-corrected chi connectivity index (χ3v) is 8.46. The molecule has 1 aliphatic carbocycles. The molecular formula is C22H32N4O4S. The monoisotopic (exact) mass is 448 g/mol. The van der Waals surface area contributed by atoms with Crippen LogP contribution in [0.1, 0.15) is 30.4 Å². The number of rotatable bonds is 6. The maximum Gasteiger partial charge on any atom is 0.243 e. The number of likely N-dealkylation sites (N-methyl/N-ethyl adjacent to an activating group) is 1. The van der Waals surface area contributed by atoms with Crippen LogP contribution in [0.15, 0.2) is 23.1 Å². The van der Waals surface area contributed by atoms with Gasteiger partial charge in [0, 0.05) is 39.3 Å². The van der Waals surface area contributed by atoms with Crippen molar-refractivity contribution in [3.05, 3.63) is 29.3 Å².